The average Bonchev–Trinajstić information content (AvgIpc) is 3.56. The maximum Gasteiger partial charge on any atom is 0.307 e. The van der Waals surface area contributed by atoms with Crippen LogP contribution in [0.1, 0.15) is 12.8 Å². The number of nitrogens with one attached hydrogen (secondary N) is 1. The second kappa shape index (κ2) is 7.92. The first-order valence-electron chi connectivity index (χ1n) is 10.2. The summed E-state index contributed by atoms with van der Waals surface area (Å²) < 4.78 is 22.0. The van der Waals surface area contributed by atoms with Crippen molar-refractivity contribution in [2.45, 2.75) is 12.8 Å². The Bertz CT molecular complexity index is 1330. The van der Waals surface area contributed by atoms with E-state index in [1.165, 1.54) is 0 Å². The topological polar surface area (TPSA) is 95.1 Å². The predicted molar refractivity (Wildman–Crippen MR) is 119 cm³/mol. The molecule has 1 saturated carbocycles. The Morgan fingerprint density at radius 3 is 2.88 bits per heavy atom. The lowest BCUT2D eigenvalue weighted by Crippen LogP contribution is -2.05. The molecular weight excluding hydrogens is 413 g/mol. The SMILES string of the molecule is Cn1cc(-c2ccnc(Nc3cc([N+](=O)[O-])c(F)cc3OCC3CC3)n2)c2ccccc21. The summed E-state index contributed by atoms with van der Waals surface area (Å²) in [5.41, 5.74) is 2.30. The molecule has 2 heterocycles. The second-order valence-corrected chi connectivity index (χ2v) is 7.87. The molecule has 32 heavy (non-hydrogen) atoms. The zero-order valence-corrected chi connectivity index (χ0v) is 17.3. The minimum absolute atomic E-state index is 0.194. The van der Waals surface area contributed by atoms with E-state index >= 15 is 0 Å². The Morgan fingerprint density at radius 2 is 2.09 bits per heavy atom. The Balaban J connectivity index is 1.51. The summed E-state index contributed by atoms with van der Waals surface area (Å²) in [6, 6.07) is 11.9. The van der Waals surface area contributed by atoms with E-state index in [-0.39, 0.29) is 17.4 Å². The van der Waals surface area contributed by atoms with Gasteiger partial charge < -0.3 is 14.6 Å². The Labute approximate surface area is 182 Å². The maximum absolute atomic E-state index is 14.2. The van der Waals surface area contributed by atoms with Gasteiger partial charge in [0.1, 0.15) is 5.75 Å². The van der Waals surface area contributed by atoms with Gasteiger partial charge >= 0.3 is 5.69 Å². The van der Waals surface area contributed by atoms with Crippen molar-refractivity contribution in [3.8, 4) is 17.0 Å². The first-order chi connectivity index (χ1) is 15.5. The van der Waals surface area contributed by atoms with E-state index in [0.29, 0.717) is 18.2 Å². The third kappa shape index (κ3) is 3.84. The zero-order chi connectivity index (χ0) is 22.2. The fourth-order valence-electron chi connectivity index (χ4n) is 3.63. The van der Waals surface area contributed by atoms with Crippen molar-refractivity contribution >= 4 is 28.2 Å². The van der Waals surface area contributed by atoms with Crippen LogP contribution in [0.25, 0.3) is 22.2 Å². The van der Waals surface area contributed by atoms with Gasteiger partial charge in [0.05, 0.1) is 22.9 Å². The highest BCUT2D eigenvalue weighted by molar-refractivity contribution is 5.95. The Hall–Kier alpha value is -4.01. The van der Waals surface area contributed by atoms with Crippen molar-refractivity contribution in [2.24, 2.45) is 13.0 Å². The number of fused-ring (bicyclic) bond motifs is 1. The highest BCUT2D eigenvalue weighted by Gasteiger charge is 2.25. The second-order valence-electron chi connectivity index (χ2n) is 7.87. The predicted octanol–water partition coefficient (Wildman–Crippen LogP) is 5.22. The van der Waals surface area contributed by atoms with Crippen LogP contribution in [0.15, 0.2) is 54.9 Å². The van der Waals surface area contributed by atoms with Gasteiger partial charge in [-0.15, -0.1) is 0 Å². The van der Waals surface area contributed by atoms with Gasteiger partial charge in [0.25, 0.3) is 0 Å². The molecule has 0 radical (unpaired) electrons. The molecule has 0 spiro atoms. The molecule has 1 aliphatic rings. The number of nitrogens with zero attached hydrogens (tertiary/aromatic N) is 4. The molecule has 2 aromatic heterocycles. The minimum Gasteiger partial charge on any atom is -0.491 e. The number of nitro groups is 1. The maximum atomic E-state index is 14.2. The van der Waals surface area contributed by atoms with Gasteiger partial charge in [-0.25, -0.2) is 9.97 Å². The molecule has 1 fully saturated rings. The monoisotopic (exact) mass is 433 g/mol. The molecule has 0 saturated heterocycles. The molecule has 9 heteroatoms. The summed E-state index contributed by atoms with van der Waals surface area (Å²) >= 11 is 0. The van der Waals surface area contributed by atoms with Gasteiger partial charge in [-0.1, -0.05) is 18.2 Å². The molecule has 1 aliphatic carbocycles. The number of hydrogen-bond donors (Lipinski definition) is 1. The highest BCUT2D eigenvalue weighted by Crippen LogP contribution is 2.36. The number of halogens is 1. The molecule has 0 amide bonds. The number of aromatic nitrogens is 3. The van der Waals surface area contributed by atoms with Crippen LogP contribution in [0.4, 0.5) is 21.7 Å². The zero-order valence-electron chi connectivity index (χ0n) is 17.3. The van der Waals surface area contributed by atoms with Gasteiger partial charge in [0.15, 0.2) is 0 Å². The molecule has 1 N–H and O–H groups in total. The summed E-state index contributed by atoms with van der Waals surface area (Å²) in [6.45, 7) is 0.433. The Kier molecular flexibility index (Phi) is 4.93. The molecule has 2 aromatic carbocycles. The summed E-state index contributed by atoms with van der Waals surface area (Å²) in [5, 5.41) is 15.3. The van der Waals surface area contributed by atoms with Crippen molar-refractivity contribution in [1.29, 1.82) is 0 Å². The van der Waals surface area contributed by atoms with Crippen LogP contribution in [0.5, 0.6) is 5.75 Å². The molecule has 0 unspecified atom stereocenters. The van der Waals surface area contributed by atoms with Crippen LogP contribution in [0.3, 0.4) is 0 Å². The molecule has 5 rings (SSSR count). The number of nitro benzene ring substituents is 1. The summed E-state index contributed by atoms with van der Waals surface area (Å²) in [4.78, 5) is 19.3. The van der Waals surface area contributed by atoms with Gasteiger partial charge in [-0.05, 0) is 30.9 Å². The third-order valence-corrected chi connectivity index (χ3v) is 5.49. The van der Waals surface area contributed by atoms with Gasteiger partial charge in [0, 0.05) is 48.0 Å². The number of ether oxygens (including phenoxy) is 1. The van der Waals surface area contributed by atoms with Crippen LogP contribution in [-0.2, 0) is 7.05 Å². The molecule has 0 bridgehead atoms. The van der Waals surface area contributed by atoms with Crippen LogP contribution in [0.2, 0.25) is 0 Å². The van der Waals surface area contributed by atoms with Gasteiger partial charge in [-0.2, -0.15) is 4.39 Å². The van der Waals surface area contributed by atoms with Crippen molar-refractivity contribution in [3.05, 3.63) is 70.8 Å². The number of benzene rings is 2. The number of aryl methyl sites for hydroxylation is 1. The number of para-hydroxylation sites is 1. The van der Waals surface area contributed by atoms with Gasteiger partial charge in [0.2, 0.25) is 11.8 Å². The van der Waals surface area contributed by atoms with E-state index in [0.717, 1.165) is 41.4 Å². The largest absolute Gasteiger partial charge is 0.491 e. The van der Waals surface area contributed by atoms with E-state index in [1.54, 1.807) is 12.3 Å². The fourth-order valence-corrected chi connectivity index (χ4v) is 3.63. The quantitative estimate of drug-likeness (QED) is 0.317. The number of hydrogen-bond acceptors (Lipinski definition) is 6. The van der Waals surface area contributed by atoms with E-state index in [1.807, 2.05) is 42.1 Å². The Morgan fingerprint density at radius 1 is 1.28 bits per heavy atom. The number of rotatable bonds is 7. The summed E-state index contributed by atoms with van der Waals surface area (Å²) in [6.07, 6.45) is 5.72. The minimum atomic E-state index is -0.947. The standard InChI is InChI=1S/C23H20FN5O3/c1-28-12-16(15-4-2-3-5-20(15)28)18-8-9-25-23(26-18)27-19-11-21(29(30)31)17(24)10-22(19)32-13-14-6-7-14/h2-5,8-12,14H,6-7,13H2,1H3,(H,25,26,27). The lowest BCUT2D eigenvalue weighted by atomic mass is 10.1. The lowest BCUT2D eigenvalue weighted by molar-refractivity contribution is -0.387. The van der Waals surface area contributed by atoms with Crippen LogP contribution in [0, 0.1) is 21.8 Å². The van der Waals surface area contributed by atoms with Crippen LogP contribution in [-0.4, -0.2) is 26.1 Å². The average molecular weight is 433 g/mol. The summed E-state index contributed by atoms with van der Waals surface area (Å²) in [5.74, 6) is -0.0874. The molecule has 0 aliphatic heterocycles. The van der Waals surface area contributed by atoms with Crippen LogP contribution < -0.4 is 10.1 Å². The molecule has 4 aromatic rings. The van der Waals surface area contributed by atoms with E-state index in [4.69, 9.17) is 4.74 Å². The highest BCUT2D eigenvalue weighted by atomic mass is 19.1. The molecular formula is C23H20FN5O3. The van der Waals surface area contributed by atoms with Crippen molar-refractivity contribution in [2.75, 3.05) is 11.9 Å². The first-order valence-corrected chi connectivity index (χ1v) is 10.2. The molecule has 8 nitrogen and oxygen atoms in total. The summed E-state index contributed by atoms with van der Waals surface area (Å²) in [7, 11) is 1.97. The smallest absolute Gasteiger partial charge is 0.307 e. The molecule has 162 valence electrons. The number of anilines is 2. The first kappa shape index (κ1) is 19.9. The van der Waals surface area contributed by atoms with Crippen molar-refractivity contribution < 1.29 is 14.1 Å². The molecule has 0 atom stereocenters. The lowest BCUT2D eigenvalue weighted by Gasteiger charge is -2.13. The van der Waals surface area contributed by atoms with Crippen molar-refractivity contribution in [3.63, 3.8) is 0 Å². The third-order valence-electron chi connectivity index (χ3n) is 5.49. The van der Waals surface area contributed by atoms with Gasteiger partial charge in [-0.3, -0.25) is 10.1 Å². The van der Waals surface area contributed by atoms with Crippen LogP contribution >= 0.6 is 0 Å². The van der Waals surface area contributed by atoms with E-state index < -0.39 is 16.4 Å². The van der Waals surface area contributed by atoms with E-state index in [2.05, 4.69) is 15.3 Å². The fraction of sp³-hybridized carbons (Fsp3) is 0.217. The van der Waals surface area contributed by atoms with E-state index in [9.17, 15) is 14.5 Å². The normalized spacial score (nSPS) is 13.3. The van der Waals surface area contributed by atoms with Crippen molar-refractivity contribution in [1.82, 2.24) is 14.5 Å².